The van der Waals surface area contributed by atoms with Crippen LogP contribution in [0.1, 0.15) is 29.5 Å². The molecule has 0 radical (unpaired) electrons. The fourth-order valence-electron chi connectivity index (χ4n) is 1.94. The summed E-state index contributed by atoms with van der Waals surface area (Å²) >= 11 is 0. The number of rotatable bonds is 4. The summed E-state index contributed by atoms with van der Waals surface area (Å²) in [5.41, 5.74) is 1.07. The number of carbonyl (C=O) groups is 1. The molecule has 19 heavy (non-hydrogen) atoms. The Morgan fingerprint density at radius 1 is 1.53 bits per heavy atom. The van der Waals surface area contributed by atoms with E-state index in [1.807, 2.05) is 6.92 Å². The molecule has 1 aromatic carbocycles. The van der Waals surface area contributed by atoms with Gasteiger partial charge in [0.25, 0.3) is 5.91 Å². The molecule has 1 aromatic heterocycles. The molecule has 1 heterocycles. The van der Waals surface area contributed by atoms with Gasteiger partial charge in [0, 0.05) is 10.9 Å². The van der Waals surface area contributed by atoms with Gasteiger partial charge in [-0.05, 0) is 31.5 Å². The molecule has 0 saturated carbocycles. The van der Waals surface area contributed by atoms with Crippen LogP contribution in [0.2, 0.25) is 0 Å². The van der Waals surface area contributed by atoms with Crippen LogP contribution in [0.15, 0.2) is 22.6 Å². The number of aliphatic hydroxyl groups excluding tert-OH is 1. The van der Waals surface area contributed by atoms with Crippen molar-refractivity contribution in [1.29, 1.82) is 0 Å². The van der Waals surface area contributed by atoms with Gasteiger partial charge in [0.1, 0.15) is 11.4 Å². The molecule has 1 atom stereocenters. The fraction of sp³-hybridized carbons (Fsp3) is 0.357. The molecule has 0 spiro atoms. The summed E-state index contributed by atoms with van der Waals surface area (Å²) in [6.45, 7) is 3.44. The minimum atomic E-state index is -0.394. The van der Waals surface area contributed by atoms with Crippen LogP contribution in [0.25, 0.3) is 11.0 Å². The van der Waals surface area contributed by atoms with Crippen molar-refractivity contribution >= 4 is 16.9 Å². The zero-order chi connectivity index (χ0) is 14.0. The van der Waals surface area contributed by atoms with Crippen molar-refractivity contribution in [3.63, 3.8) is 0 Å². The Balaban J connectivity index is 2.35. The maximum atomic E-state index is 13.2. The molecule has 1 unspecified atom stereocenters. The Kier molecular flexibility index (Phi) is 3.85. The number of furan rings is 1. The normalized spacial score (nSPS) is 12.6. The van der Waals surface area contributed by atoms with Gasteiger partial charge in [0.2, 0.25) is 0 Å². The highest BCUT2D eigenvalue weighted by Gasteiger charge is 2.19. The van der Waals surface area contributed by atoms with E-state index in [1.54, 1.807) is 6.92 Å². The van der Waals surface area contributed by atoms with Gasteiger partial charge in [-0.1, -0.05) is 6.92 Å². The first-order valence-electron chi connectivity index (χ1n) is 6.17. The Bertz CT molecular complexity index is 602. The highest BCUT2D eigenvalue weighted by atomic mass is 19.1. The molecule has 0 aliphatic carbocycles. The lowest BCUT2D eigenvalue weighted by Gasteiger charge is -2.12. The zero-order valence-electron chi connectivity index (χ0n) is 10.9. The van der Waals surface area contributed by atoms with Crippen molar-refractivity contribution in [2.45, 2.75) is 26.3 Å². The van der Waals surface area contributed by atoms with Crippen LogP contribution in [0.5, 0.6) is 0 Å². The minimum Gasteiger partial charge on any atom is -0.451 e. The number of fused-ring (bicyclic) bond motifs is 1. The SMILES string of the molecule is CCC(CO)NC(=O)c1oc2ccc(F)cc2c1C. The zero-order valence-corrected chi connectivity index (χ0v) is 10.9. The minimum absolute atomic E-state index is 0.129. The number of carbonyl (C=O) groups excluding carboxylic acids is 1. The lowest BCUT2D eigenvalue weighted by molar-refractivity contribution is 0.0888. The molecule has 0 aliphatic rings. The second-order valence-corrected chi connectivity index (χ2v) is 4.46. The molecule has 2 aromatic rings. The Labute approximate surface area is 110 Å². The first-order chi connectivity index (χ1) is 9.06. The number of aliphatic hydroxyl groups is 1. The average molecular weight is 265 g/mol. The smallest absolute Gasteiger partial charge is 0.287 e. The maximum absolute atomic E-state index is 13.2. The van der Waals surface area contributed by atoms with Gasteiger partial charge in [-0.2, -0.15) is 0 Å². The maximum Gasteiger partial charge on any atom is 0.287 e. The predicted molar refractivity (Wildman–Crippen MR) is 69.5 cm³/mol. The van der Waals surface area contributed by atoms with Crippen molar-refractivity contribution < 1.29 is 18.7 Å². The topological polar surface area (TPSA) is 62.5 Å². The van der Waals surface area contributed by atoms with E-state index < -0.39 is 5.91 Å². The van der Waals surface area contributed by atoms with Crippen LogP contribution in [0.3, 0.4) is 0 Å². The summed E-state index contributed by atoms with van der Waals surface area (Å²) in [5.74, 6) is -0.604. The summed E-state index contributed by atoms with van der Waals surface area (Å²) < 4.78 is 18.6. The molecule has 0 saturated heterocycles. The van der Waals surface area contributed by atoms with Gasteiger partial charge < -0.3 is 14.8 Å². The Morgan fingerprint density at radius 3 is 2.89 bits per heavy atom. The quantitative estimate of drug-likeness (QED) is 0.892. The third-order valence-corrected chi connectivity index (χ3v) is 3.15. The number of halogens is 1. The fourth-order valence-corrected chi connectivity index (χ4v) is 1.94. The third-order valence-electron chi connectivity index (χ3n) is 3.15. The molecular formula is C14H16FNO3. The van der Waals surface area contributed by atoms with E-state index in [1.165, 1.54) is 18.2 Å². The third kappa shape index (κ3) is 2.61. The van der Waals surface area contributed by atoms with E-state index in [0.29, 0.717) is 23.0 Å². The molecule has 1 amide bonds. The van der Waals surface area contributed by atoms with E-state index in [9.17, 15) is 9.18 Å². The first-order valence-corrected chi connectivity index (χ1v) is 6.17. The van der Waals surface area contributed by atoms with Crippen LogP contribution in [0, 0.1) is 12.7 Å². The van der Waals surface area contributed by atoms with Crippen molar-refractivity contribution in [1.82, 2.24) is 5.32 Å². The van der Waals surface area contributed by atoms with Gasteiger partial charge in [-0.3, -0.25) is 4.79 Å². The van der Waals surface area contributed by atoms with Crippen LogP contribution < -0.4 is 5.32 Å². The Hall–Kier alpha value is -1.88. The van der Waals surface area contributed by atoms with E-state index in [-0.39, 0.29) is 24.2 Å². The van der Waals surface area contributed by atoms with Crippen molar-refractivity contribution in [2.75, 3.05) is 6.61 Å². The van der Waals surface area contributed by atoms with E-state index >= 15 is 0 Å². The van der Waals surface area contributed by atoms with Gasteiger partial charge in [0.05, 0.1) is 12.6 Å². The number of amides is 1. The Morgan fingerprint density at radius 2 is 2.26 bits per heavy atom. The van der Waals surface area contributed by atoms with Crippen LogP contribution in [-0.2, 0) is 0 Å². The summed E-state index contributed by atoms with van der Waals surface area (Å²) in [5, 5.41) is 12.3. The van der Waals surface area contributed by atoms with E-state index in [2.05, 4.69) is 5.32 Å². The average Bonchev–Trinajstić information content (AvgIpc) is 2.73. The van der Waals surface area contributed by atoms with Gasteiger partial charge in [0.15, 0.2) is 5.76 Å². The molecule has 2 N–H and O–H groups in total. The summed E-state index contributed by atoms with van der Waals surface area (Å²) in [6.07, 6.45) is 0.621. The lowest BCUT2D eigenvalue weighted by Crippen LogP contribution is -2.37. The summed E-state index contributed by atoms with van der Waals surface area (Å²) in [7, 11) is 0. The molecule has 5 heteroatoms. The van der Waals surface area contributed by atoms with Gasteiger partial charge in [-0.15, -0.1) is 0 Å². The highest BCUT2D eigenvalue weighted by Crippen LogP contribution is 2.25. The van der Waals surface area contributed by atoms with Gasteiger partial charge >= 0.3 is 0 Å². The van der Waals surface area contributed by atoms with Crippen molar-refractivity contribution in [3.8, 4) is 0 Å². The van der Waals surface area contributed by atoms with E-state index in [4.69, 9.17) is 9.52 Å². The molecule has 2 rings (SSSR count). The highest BCUT2D eigenvalue weighted by molar-refractivity contribution is 5.99. The standard InChI is InChI=1S/C14H16FNO3/c1-3-10(7-17)16-14(18)13-8(2)11-6-9(15)4-5-12(11)19-13/h4-6,10,17H,3,7H2,1-2H3,(H,16,18). The molecule has 102 valence electrons. The number of aryl methyl sites for hydroxylation is 1. The second-order valence-electron chi connectivity index (χ2n) is 4.46. The predicted octanol–water partition coefficient (Wildman–Crippen LogP) is 2.38. The number of hydrogen-bond acceptors (Lipinski definition) is 3. The summed E-state index contributed by atoms with van der Waals surface area (Å²) in [4.78, 5) is 12.0. The van der Waals surface area contributed by atoms with Crippen molar-refractivity contribution in [2.24, 2.45) is 0 Å². The largest absolute Gasteiger partial charge is 0.451 e. The van der Waals surface area contributed by atoms with Crippen LogP contribution in [-0.4, -0.2) is 23.7 Å². The molecular weight excluding hydrogens is 249 g/mol. The molecule has 0 aliphatic heterocycles. The number of benzene rings is 1. The lowest BCUT2D eigenvalue weighted by atomic mass is 10.1. The molecule has 0 bridgehead atoms. The van der Waals surface area contributed by atoms with Crippen LogP contribution in [0.4, 0.5) is 4.39 Å². The second kappa shape index (κ2) is 5.40. The number of hydrogen-bond donors (Lipinski definition) is 2. The number of nitrogens with one attached hydrogen (secondary N) is 1. The summed E-state index contributed by atoms with van der Waals surface area (Å²) in [6, 6.07) is 3.82. The molecule has 4 nitrogen and oxygen atoms in total. The van der Waals surface area contributed by atoms with E-state index in [0.717, 1.165) is 0 Å². The first kappa shape index (κ1) is 13.5. The van der Waals surface area contributed by atoms with Crippen molar-refractivity contribution in [3.05, 3.63) is 35.3 Å². The van der Waals surface area contributed by atoms with Gasteiger partial charge in [-0.25, -0.2) is 4.39 Å². The molecule has 0 fully saturated rings. The van der Waals surface area contributed by atoms with Crippen LogP contribution >= 0.6 is 0 Å². The monoisotopic (exact) mass is 265 g/mol.